The number of nitrogens with one attached hydrogen (secondary N) is 1. The molecule has 172 valence electrons. The molecule has 1 atom stereocenters. The minimum Gasteiger partial charge on any atom is -0.406 e. The second kappa shape index (κ2) is 13.7. The largest absolute Gasteiger partial charge is 0.433 e. The second-order valence-corrected chi connectivity index (χ2v) is 10.0. The molecule has 2 rings (SSSR count). The van der Waals surface area contributed by atoms with Crippen LogP contribution < -0.4 is 5.09 Å². The summed E-state index contributed by atoms with van der Waals surface area (Å²) < 4.78 is 26.2. The molecule has 1 unspecified atom stereocenters. The lowest BCUT2D eigenvalue weighted by Crippen LogP contribution is -2.37. The molecule has 0 bridgehead atoms. The van der Waals surface area contributed by atoms with Gasteiger partial charge >= 0.3 is 13.6 Å². The third-order valence-corrected chi connectivity index (χ3v) is 7.58. The fourth-order valence-corrected chi connectivity index (χ4v) is 5.92. The molecule has 1 aromatic rings. The molecule has 0 aromatic carbocycles. The van der Waals surface area contributed by atoms with Crippen LogP contribution in [-0.4, -0.2) is 72.1 Å². The van der Waals surface area contributed by atoms with E-state index in [1.165, 1.54) is 37.8 Å². The van der Waals surface area contributed by atoms with Gasteiger partial charge in [-0.15, -0.1) is 23.2 Å². The first kappa shape index (κ1) is 25.6. The van der Waals surface area contributed by atoms with Crippen molar-refractivity contribution in [1.29, 1.82) is 0 Å². The molecule has 0 radical (unpaired) electrons. The third kappa shape index (κ3) is 8.46. The molecule has 1 aliphatic rings. The van der Waals surface area contributed by atoms with Crippen molar-refractivity contribution in [3.05, 3.63) is 28.0 Å². The highest BCUT2D eigenvalue weighted by molar-refractivity contribution is 7.54. The van der Waals surface area contributed by atoms with Crippen LogP contribution in [0.15, 0.2) is 16.5 Å². The van der Waals surface area contributed by atoms with E-state index in [4.69, 9.17) is 32.1 Å². The summed E-state index contributed by atoms with van der Waals surface area (Å²) in [4.78, 5) is 12.5. The molecular formula is C18H31Cl2N4O5P. The Labute approximate surface area is 187 Å². The highest BCUT2D eigenvalue weighted by Gasteiger charge is 2.31. The van der Waals surface area contributed by atoms with Crippen LogP contribution in [0.25, 0.3) is 0 Å². The lowest BCUT2D eigenvalue weighted by molar-refractivity contribution is -0.402. The first-order valence-corrected chi connectivity index (χ1v) is 13.0. The van der Waals surface area contributed by atoms with Crippen LogP contribution in [0, 0.1) is 10.1 Å². The van der Waals surface area contributed by atoms with Gasteiger partial charge in [0.05, 0.1) is 12.7 Å². The van der Waals surface area contributed by atoms with Gasteiger partial charge in [-0.2, -0.15) is 0 Å². The second-order valence-electron chi connectivity index (χ2n) is 7.10. The standard InChI is InChI=1S/C18H31Cl2N4O5P/c19-8-13-23(14-9-20)30(27,21-10-15-22-11-3-1-2-4-12-22)28-16-7-17-5-6-18(29-17)24(25)26/h5-6H,1-4,7-16H2,(H,21,27). The van der Waals surface area contributed by atoms with Gasteiger partial charge in [0.25, 0.3) is 0 Å². The Morgan fingerprint density at radius 3 is 2.43 bits per heavy atom. The quantitative estimate of drug-likeness (QED) is 0.182. The first-order chi connectivity index (χ1) is 14.5. The molecule has 1 aliphatic heterocycles. The van der Waals surface area contributed by atoms with Crippen molar-refractivity contribution >= 4 is 36.8 Å². The Morgan fingerprint density at radius 1 is 1.20 bits per heavy atom. The van der Waals surface area contributed by atoms with E-state index in [1.54, 1.807) is 4.67 Å². The van der Waals surface area contributed by atoms with Crippen molar-refractivity contribution in [2.45, 2.75) is 32.1 Å². The van der Waals surface area contributed by atoms with E-state index in [2.05, 4.69) is 9.99 Å². The van der Waals surface area contributed by atoms with Gasteiger partial charge in [0.1, 0.15) is 10.7 Å². The molecule has 12 heteroatoms. The Morgan fingerprint density at radius 2 is 1.87 bits per heavy atom. The molecule has 1 saturated heterocycles. The zero-order valence-electron chi connectivity index (χ0n) is 17.1. The van der Waals surface area contributed by atoms with E-state index in [1.807, 2.05) is 0 Å². The van der Waals surface area contributed by atoms with Crippen LogP contribution in [0.4, 0.5) is 5.88 Å². The topological polar surface area (TPSA) is 101 Å². The number of likely N-dealkylation sites (tertiary alicyclic amines) is 1. The van der Waals surface area contributed by atoms with Gasteiger partial charge in [0.15, 0.2) is 0 Å². The summed E-state index contributed by atoms with van der Waals surface area (Å²) in [5, 5.41) is 13.8. The third-order valence-electron chi connectivity index (χ3n) is 4.94. The predicted octanol–water partition coefficient (Wildman–Crippen LogP) is 4.10. The molecule has 1 N–H and O–H groups in total. The number of rotatable bonds is 14. The van der Waals surface area contributed by atoms with Gasteiger partial charge in [0, 0.05) is 44.4 Å². The SMILES string of the molecule is O=[N+]([O-])c1ccc(CCOP(=O)(NCCN2CCCCCC2)N(CCCl)CCCl)o1. The number of halogens is 2. The summed E-state index contributed by atoms with van der Waals surface area (Å²) in [6.45, 7) is 4.23. The fraction of sp³-hybridized carbons (Fsp3) is 0.778. The summed E-state index contributed by atoms with van der Waals surface area (Å²) in [5.74, 6) is 0.666. The molecule has 9 nitrogen and oxygen atoms in total. The van der Waals surface area contributed by atoms with Crippen LogP contribution in [0.1, 0.15) is 31.4 Å². The molecular weight excluding hydrogens is 454 g/mol. The normalized spacial score (nSPS) is 17.7. The minimum absolute atomic E-state index is 0.0831. The maximum absolute atomic E-state index is 13.6. The zero-order chi connectivity index (χ0) is 21.8. The average Bonchev–Trinajstić information content (AvgIpc) is 3.04. The molecule has 0 spiro atoms. The molecule has 1 fully saturated rings. The molecule has 1 aromatic heterocycles. The van der Waals surface area contributed by atoms with Crippen molar-refractivity contribution in [2.75, 3.05) is 57.6 Å². The van der Waals surface area contributed by atoms with E-state index in [0.29, 0.717) is 37.2 Å². The Bertz CT molecular complexity index is 679. The van der Waals surface area contributed by atoms with E-state index < -0.39 is 12.6 Å². The summed E-state index contributed by atoms with van der Waals surface area (Å²) in [5.41, 5.74) is 0. The number of hydrogen-bond donors (Lipinski definition) is 1. The Kier molecular flexibility index (Phi) is 11.7. The lowest BCUT2D eigenvalue weighted by Gasteiger charge is -2.31. The fourth-order valence-electron chi connectivity index (χ4n) is 3.38. The van der Waals surface area contributed by atoms with E-state index in [9.17, 15) is 14.7 Å². The highest BCUT2D eigenvalue weighted by atomic mass is 35.5. The summed E-state index contributed by atoms with van der Waals surface area (Å²) in [7, 11) is -3.38. The molecule has 30 heavy (non-hydrogen) atoms. The van der Waals surface area contributed by atoms with Crippen LogP contribution in [0.5, 0.6) is 0 Å². The number of hydrogen-bond acceptors (Lipinski definition) is 6. The van der Waals surface area contributed by atoms with E-state index >= 15 is 0 Å². The lowest BCUT2D eigenvalue weighted by atomic mass is 10.2. The van der Waals surface area contributed by atoms with Crippen LogP contribution >= 0.6 is 30.9 Å². The van der Waals surface area contributed by atoms with Gasteiger partial charge in [-0.25, -0.2) is 9.76 Å². The summed E-state index contributed by atoms with van der Waals surface area (Å²) >= 11 is 11.8. The van der Waals surface area contributed by atoms with Gasteiger partial charge in [-0.05, 0) is 32.0 Å². The maximum Gasteiger partial charge on any atom is 0.433 e. The van der Waals surface area contributed by atoms with Crippen molar-refractivity contribution in [3.8, 4) is 0 Å². The van der Waals surface area contributed by atoms with E-state index in [0.717, 1.165) is 19.6 Å². The van der Waals surface area contributed by atoms with Crippen LogP contribution in [-0.2, 0) is 15.5 Å². The van der Waals surface area contributed by atoms with Gasteiger partial charge in [-0.3, -0.25) is 14.7 Å². The smallest absolute Gasteiger partial charge is 0.406 e. The van der Waals surface area contributed by atoms with Crippen molar-refractivity contribution < 1.29 is 18.4 Å². The van der Waals surface area contributed by atoms with Crippen molar-refractivity contribution in [1.82, 2.24) is 14.7 Å². The minimum atomic E-state index is -3.38. The first-order valence-electron chi connectivity index (χ1n) is 10.3. The van der Waals surface area contributed by atoms with Crippen LogP contribution in [0.3, 0.4) is 0 Å². The monoisotopic (exact) mass is 484 g/mol. The van der Waals surface area contributed by atoms with Crippen molar-refractivity contribution in [2.24, 2.45) is 0 Å². The number of furan rings is 1. The maximum atomic E-state index is 13.6. The van der Waals surface area contributed by atoms with Gasteiger partial charge in [0.2, 0.25) is 0 Å². The average molecular weight is 485 g/mol. The molecule has 2 heterocycles. The molecule has 0 amide bonds. The number of nitro groups is 1. The molecule has 0 saturated carbocycles. The van der Waals surface area contributed by atoms with Gasteiger partial charge in [-0.1, -0.05) is 12.8 Å². The molecule has 0 aliphatic carbocycles. The Hall–Kier alpha value is -0.670. The predicted molar refractivity (Wildman–Crippen MR) is 119 cm³/mol. The van der Waals surface area contributed by atoms with Crippen LogP contribution in [0.2, 0.25) is 0 Å². The number of alkyl halides is 2. The highest BCUT2D eigenvalue weighted by Crippen LogP contribution is 2.46. The summed E-state index contributed by atoms with van der Waals surface area (Å²) in [6.07, 6.45) is 5.16. The van der Waals surface area contributed by atoms with Gasteiger partial charge < -0.3 is 13.8 Å². The zero-order valence-corrected chi connectivity index (χ0v) is 19.5. The van der Waals surface area contributed by atoms with Crippen molar-refractivity contribution in [3.63, 3.8) is 0 Å². The van der Waals surface area contributed by atoms with E-state index in [-0.39, 0.29) is 18.9 Å². The Balaban J connectivity index is 1.94. The summed E-state index contributed by atoms with van der Waals surface area (Å²) in [6, 6.07) is 2.82. The number of nitrogens with zero attached hydrogens (tertiary/aromatic N) is 3.